The summed E-state index contributed by atoms with van der Waals surface area (Å²) >= 11 is 7.47. The minimum Gasteiger partial charge on any atom is -0.497 e. The molecule has 0 unspecified atom stereocenters. The number of aromatic nitrogens is 2. The largest absolute Gasteiger partial charge is 0.497 e. The van der Waals surface area contributed by atoms with E-state index in [1.165, 1.54) is 11.3 Å². The van der Waals surface area contributed by atoms with Gasteiger partial charge in [-0.05, 0) is 48.5 Å². The Morgan fingerprint density at radius 3 is 2.40 bits per heavy atom. The number of halogens is 1. The predicted octanol–water partition coefficient (Wildman–Crippen LogP) is 6.48. The molecule has 230 valence electrons. The SMILES string of the molecule is COc1ccc(CN(Cc2cn(-c3ccc(N4CCOCC4=O)cc3)nc2-c2ccccc2)C(=O)c2ccc(Cl)s2)c(OC)c1. The van der Waals surface area contributed by atoms with Crippen LogP contribution < -0.4 is 14.4 Å². The van der Waals surface area contributed by atoms with Crippen LogP contribution in [0.3, 0.4) is 0 Å². The highest BCUT2D eigenvalue weighted by Crippen LogP contribution is 2.31. The smallest absolute Gasteiger partial charge is 0.264 e. The van der Waals surface area contributed by atoms with Gasteiger partial charge in [0.25, 0.3) is 11.8 Å². The van der Waals surface area contributed by atoms with Gasteiger partial charge < -0.3 is 24.0 Å². The van der Waals surface area contributed by atoms with Gasteiger partial charge in [0.05, 0.1) is 54.5 Å². The minimum absolute atomic E-state index is 0.0629. The molecule has 0 atom stereocenters. The number of amides is 2. The van der Waals surface area contributed by atoms with Gasteiger partial charge in [0, 0.05) is 41.2 Å². The average molecular weight is 643 g/mol. The molecule has 1 fully saturated rings. The van der Waals surface area contributed by atoms with Crippen LogP contribution in [0.25, 0.3) is 16.9 Å². The molecule has 0 bridgehead atoms. The van der Waals surface area contributed by atoms with E-state index in [-0.39, 0.29) is 31.5 Å². The predicted molar refractivity (Wildman–Crippen MR) is 175 cm³/mol. The maximum Gasteiger partial charge on any atom is 0.264 e. The first kappa shape index (κ1) is 30.4. The topological polar surface area (TPSA) is 86.1 Å². The zero-order valence-corrected chi connectivity index (χ0v) is 26.4. The number of benzene rings is 3. The zero-order chi connectivity index (χ0) is 31.3. The molecule has 3 aromatic carbocycles. The quantitative estimate of drug-likeness (QED) is 0.173. The summed E-state index contributed by atoms with van der Waals surface area (Å²) in [7, 11) is 3.20. The van der Waals surface area contributed by atoms with Crippen molar-refractivity contribution in [1.82, 2.24) is 14.7 Å². The molecular formula is C34H31ClN4O5S. The Kier molecular flexibility index (Phi) is 9.16. The third-order valence-electron chi connectivity index (χ3n) is 7.54. The molecule has 1 aliphatic heterocycles. The van der Waals surface area contributed by atoms with Crippen molar-refractivity contribution in [3.63, 3.8) is 0 Å². The Bertz CT molecular complexity index is 1810. The maximum absolute atomic E-state index is 14.0. The molecule has 1 saturated heterocycles. The minimum atomic E-state index is -0.156. The molecule has 2 aromatic heterocycles. The standard InChI is InChI=1S/C34H31ClN4O5S/c1-42-28-13-8-24(29(18-28)43-2)19-37(34(41)30-14-15-31(35)45-30)20-25-21-39(36-33(25)23-6-4-3-5-7-23)27-11-9-26(10-12-27)38-16-17-44-22-32(38)40/h3-15,18,21H,16-17,19-20,22H2,1-2H3. The highest BCUT2D eigenvalue weighted by Gasteiger charge is 2.24. The Morgan fingerprint density at radius 1 is 0.956 bits per heavy atom. The van der Waals surface area contributed by atoms with Crippen molar-refractivity contribution in [2.75, 3.05) is 38.9 Å². The van der Waals surface area contributed by atoms with Crippen molar-refractivity contribution in [3.8, 4) is 28.4 Å². The van der Waals surface area contributed by atoms with Gasteiger partial charge in [0.2, 0.25) is 0 Å². The van der Waals surface area contributed by atoms with Crippen LogP contribution >= 0.6 is 22.9 Å². The van der Waals surface area contributed by atoms with Crippen LogP contribution in [0.5, 0.6) is 11.5 Å². The number of morpholine rings is 1. The van der Waals surface area contributed by atoms with Crippen LogP contribution in [0, 0.1) is 0 Å². The number of rotatable bonds is 10. The molecule has 0 radical (unpaired) electrons. The molecule has 0 saturated carbocycles. The summed E-state index contributed by atoms with van der Waals surface area (Å²) in [5, 5.41) is 4.98. The maximum atomic E-state index is 14.0. The molecule has 1 aliphatic rings. The number of thiophene rings is 1. The first-order chi connectivity index (χ1) is 21.9. The van der Waals surface area contributed by atoms with Gasteiger partial charge in [-0.15, -0.1) is 11.3 Å². The lowest BCUT2D eigenvalue weighted by atomic mass is 10.1. The molecule has 3 heterocycles. The van der Waals surface area contributed by atoms with E-state index in [4.69, 9.17) is 30.9 Å². The second-order valence-corrected chi connectivity index (χ2v) is 12.1. The van der Waals surface area contributed by atoms with E-state index in [9.17, 15) is 9.59 Å². The Morgan fingerprint density at radius 2 is 1.71 bits per heavy atom. The number of carbonyl (C=O) groups excluding carboxylic acids is 2. The molecule has 11 heteroatoms. The van der Waals surface area contributed by atoms with Crippen molar-refractivity contribution >= 4 is 40.4 Å². The van der Waals surface area contributed by atoms with Crippen molar-refractivity contribution in [1.29, 1.82) is 0 Å². The van der Waals surface area contributed by atoms with Crippen molar-refractivity contribution in [2.45, 2.75) is 13.1 Å². The first-order valence-corrected chi connectivity index (χ1v) is 15.5. The van der Waals surface area contributed by atoms with Gasteiger partial charge in [0.15, 0.2) is 0 Å². The summed E-state index contributed by atoms with van der Waals surface area (Å²) in [6.45, 7) is 1.66. The number of ether oxygens (including phenoxy) is 3. The van der Waals surface area contributed by atoms with E-state index >= 15 is 0 Å². The highest BCUT2D eigenvalue weighted by atomic mass is 35.5. The summed E-state index contributed by atoms with van der Waals surface area (Å²) in [6.07, 6.45) is 1.95. The zero-order valence-electron chi connectivity index (χ0n) is 24.8. The van der Waals surface area contributed by atoms with Crippen LogP contribution in [0.2, 0.25) is 4.34 Å². The van der Waals surface area contributed by atoms with E-state index in [0.29, 0.717) is 33.9 Å². The molecule has 5 aromatic rings. The Labute approximate surface area is 270 Å². The number of hydrogen-bond donors (Lipinski definition) is 0. The number of nitrogens with zero attached hydrogens (tertiary/aromatic N) is 4. The normalized spacial score (nSPS) is 13.1. The van der Waals surface area contributed by atoms with Crippen LogP contribution in [-0.4, -0.2) is 60.5 Å². The van der Waals surface area contributed by atoms with Crippen LogP contribution in [0.1, 0.15) is 20.8 Å². The second kappa shape index (κ2) is 13.6. The fraction of sp³-hybridized carbons (Fsp3) is 0.206. The number of hydrogen-bond acceptors (Lipinski definition) is 7. The fourth-order valence-electron chi connectivity index (χ4n) is 5.25. The van der Waals surface area contributed by atoms with Crippen molar-refractivity contribution < 1.29 is 23.8 Å². The molecular weight excluding hydrogens is 612 g/mol. The lowest BCUT2D eigenvalue weighted by Crippen LogP contribution is -2.41. The molecule has 6 rings (SSSR count). The lowest BCUT2D eigenvalue weighted by Gasteiger charge is -2.26. The van der Waals surface area contributed by atoms with E-state index in [1.807, 2.05) is 79.0 Å². The second-order valence-electron chi connectivity index (χ2n) is 10.4. The van der Waals surface area contributed by atoms with E-state index in [0.717, 1.165) is 33.8 Å². The number of anilines is 1. The number of carbonyl (C=O) groups is 2. The molecule has 0 N–H and O–H groups in total. The van der Waals surface area contributed by atoms with Gasteiger partial charge in [0.1, 0.15) is 18.1 Å². The van der Waals surface area contributed by atoms with Crippen molar-refractivity contribution in [2.24, 2.45) is 0 Å². The summed E-state index contributed by atoms with van der Waals surface area (Å²) in [5.74, 6) is 1.06. The van der Waals surface area contributed by atoms with E-state index in [2.05, 4.69) is 0 Å². The lowest BCUT2D eigenvalue weighted by molar-refractivity contribution is -0.125. The first-order valence-electron chi connectivity index (χ1n) is 14.3. The van der Waals surface area contributed by atoms with E-state index < -0.39 is 0 Å². The van der Waals surface area contributed by atoms with Crippen molar-refractivity contribution in [3.05, 3.63) is 111 Å². The molecule has 2 amide bonds. The highest BCUT2D eigenvalue weighted by molar-refractivity contribution is 7.17. The third-order valence-corrected chi connectivity index (χ3v) is 8.76. The van der Waals surface area contributed by atoms with Gasteiger partial charge >= 0.3 is 0 Å². The Hall–Kier alpha value is -4.64. The van der Waals surface area contributed by atoms with Crippen LogP contribution in [0.4, 0.5) is 5.69 Å². The molecule has 45 heavy (non-hydrogen) atoms. The average Bonchev–Trinajstić information content (AvgIpc) is 3.71. The summed E-state index contributed by atoms with van der Waals surface area (Å²) in [4.78, 5) is 30.4. The monoisotopic (exact) mass is 642 g/mol. The van der Waals surface area contributed by atoms with Gasteiger partial charge in [-0.3, -0.25) is 9.59 Å². The van der Waals surface area contributed by atoms with Crippen LogP contribution in [0.15, 0.2) is 91.1 Å². The molecule has 9 nitrogen and oxygen atoms in total. The fourth-order valence-corrected chi connectivity index (χ4v) is 6.26. The molecule has 0 aliphatic carbocycles. The number of methoxy groups -OCH3 is 2. The Balaban J connectivity index is 1.37. The van der Waals surface area contributed by atoms with Gasteiger partial charge in [-0.25, -0.2) is 4.68 Å². The van der Waals surface area contributed by atoms with Gasteiger partial charge in [-0.1, -0.05) is 41.9 Å². The summed E-state index contributed by atoms with van der Waals surface area (Å²) in [5.41, 5.74) is 5.00. The summed E-state index contributed by atoms with van der Waals surface area (Å²) < 4.78 is 18.7. The summed E-state index contributed by atoms with van der Waals surface area (Å²) in [6, 6.07) is 26.6. The van der Waals surface area contributed by atoms with E-state index in [1.54, 1.807) is 40.8 Å². The van der Waals surface area contributed by atoms with Crippen LogP contribution in [-0.2, 0) is 22.6 Å². The van der Waals surface area contributed by atoms with Gasteiger partial charge in [-0.2, -0.15) is 5.10 Å². The molecule has 0 spiro atoms. The third kappa shape index (κ3) is 6.73.